The van der Waals surface area contributed by atoms with Gasteiger partial charge in [0.15, 0.2) is 0 Å². The number of piperidine rings is 1. The highest BCUT2D eigenvalue weighted by molar-refractivity contribution is 8.26. The summed E-state index contributed by atoms with van der Waals surface area (Å²) in [5.41, 5.74) is 2.85. The third-order valence-corrected chi connectivity index (χ3v) is 10.3. The summed E-state index contributed by atoms with van der Waals surface area (Å²) in [5.74, 6) is 0.230. The zero-order valence-electron chi connectivity index (χ0n) is 22.1. The Morgan fingerprint density at radius 1 is 1.15 bits per heavy atom. The lowest BCUT2D eigenvalue weighted by atomic mass is 10.0. The van der Waals surface area contributed by atoms with E-state index in [0.29, 0.717) is 46.0 Å². The molecule has 2 saturated heterocycles. The van der Waals surface area contributed by atoms with E-state index in [0.717, 1.165) is 36.9 Å². The number of aromatic nitrogens is 2. The van der Waals surface area contributed by atoms with E-state index in [1.165, 1.54) is 11.8 Å². The zero-order valence-corrected chi connectivity index (χ0v) is 24.6. The van der Waals surface area contributed by atoms with E-state index in [9.17, 15) is 13.2 Å². The number of benzene rings is 2. The topological polar surface area (TPSA) is 75.5 Å². The number of hydrogen-bond acceptors (Lipinski definition) is 6. The standard InChI is InChI=1S/C29H32N4O3S3/c1-3-4-16-32-28(34)26(38-29(32)37)18-23-20-33(24-12-6-5-7-13-24)30-27(23)22-11-8-14-25(17-22)39(35,36)31-15-9-10-21(2)19-31/h5-8,11-14,17-18,20-21H,3-4,9-10,15-16,19H2,1-2H3. The van der Waals surface area contributed by atoms with Gasteiger partial charge >= 0.3 is 0 Å². The molecule has 0 N–H and O–H groups in total. The minimum absolute atomic E-state index is 0.104. The van der Waals surface area contributed by atoms with Gasteiger partial charge in [0.1, 0.15) is 10.0 Å². The molecule has 0 bridgehead atoms. The number of sulfonamides is 1. The van der Waals surface area contributed by atoms with Gasteiger partial charge in [0.2, 0.25) is 10.0 Å². The fraction of sp³-hybridized carbons (Fsp3) is 0.345. The zero-order chi connectivity index (χ0) is 27.6. The lowest BCUT2D eigenvalue weighted by Gasteiger charge is -2.30. The number of para-hydroxylation sites is 1. The molecule has 39 heavy (non-hydrogen) atoms. The fourth-order valence-corrected chi connectivity index (χ4v) is 7.84. The van der Waals surface area contributed by atoms with Gasteiger partial charge in [-0.05, 0) is 55.5 Å². The molecule has 0 aliphatic carbocycles. The number of thioether (sulfide) groups is 1. The van der Waals surface area contributed by atoms with Gasteiger partial charge in [0, 0.05) is 37.0 Å². The molecule has 0 saturated carbocycles. The number of thiocarbonyl (C=S) groups is 1. The largest absolute Gasteiger partial charge is 0.293 e. The van der Waals surface area contributed by atoms with Crippen molar-refractivity contribution < 1.29 is 13.2 Å². The van der Waals surface area contributed by atoms with Crippen LogP contribution in [-0.2, 0) is 14.8 Å². The van der Waals surface area contributed by atoms with Crippen molar-refractivity contribution in [2.75, 3.05) is 19.6 Å². The monoisotopic (exact) mass is 580 g/mol. The molecule has 1 atom stereocenters. The second kappa shape index (κ2) is 11.8. The highest BCUT2D eigenvalue weighted by atomic mass is 32.2. The van der Waals surface area contributed by atoms with Gasteiger partial charge in [-0.1, -0.05) is 74.6 Å². The molecule has 1 amide bonds. The molecule has 2 aliphatic heterocycles. The molecule has 10 heteroatoms. The van der Waals surface area contributed by atoms with E-state index in [4.69, 9.17) is 17.3 Å². The van der Waals surface area contributed by atoms with Crippen LogP contribution in [0.2, 0.25) is 0 Å². The van der Waals surface area contributed by atoms with Crippen LogP contribution in [0.5, 0.6) is 0 Å². The minimum atomic E-state index is -3.64. The van der Waals surface area contributed by atoms with E-state index in [-0.39, 0.29) is 10.8 Å². The summed E-state index contributed by atoms with van der Waals surface area (Å²) >= 11 is 6.79. The number of unbranched alkanes of at least 4 members (excludes halogenated alkanes) is 1. The number of hydrogen-bond donors (Lipinski definition) is 0. The maximum absolute atomic E-state index is 13.5. The molecule has 7 nitrogen and oxygen atoms in total. The van der Waals surface area contributed by atoms with Crippen LogP contribution in [0, 0.1) is 5.92 Å². The quantitative estimate of drug-likeness (QED) is 0.242. The average Bonchev–Trinajstić information content (AvgIpc) is 3.48. The molecule has 1 aromatic heterocycles. The van der Waals surface area contributed by atoms with Crippen molar-refractivity contribution in [3.8, 4) is 16.9 Å². The van der Waals surface area contributed by atoms with E-state index < -0.39 is 10.0 Å². The molecular weight excluding hydrogens is 549 g/mol. The van der Waals surface area contributed by atoms with Crippen LogP contribution in [0.25, 0.3) is 23.0 Å². The Bertz CT molecular complexity index is 1520. The number of carbonyl (C=O) groups excluding carboxylic acids is 1. The predicted molar refractivity (Wildman–Crippen MR) is 161 cm³/mol. The maximum Gasteiger partial charge on any atom is 0.266 e. The van der Waals surface area contributed by atoms with Gasteiger partial charge in [0.05, 0.1) is 15.5 Å². The van der Waals surface area contributed by atoms with E-state index in [1.807, 2.05) is 48.7 Å². The number of rotatable bonds is 8. The first-order valence-corrected chi connectivity index (χ1v) is 16.0. The van der Waals surface area contributed by atoms with E-state index in [2.05, 4.69) is 13.8 Å². The lowest BCUT2D eigenvalue weighted by Crippen LogP contribution is -2.39. The number of amides is 1. The molecule has 0 radical (unpaired) electrons. The van der Waals surface area contributed by atoms with Crippen molar-refractivity contribution in [1.29, 1.82) is 0 Å². The predicted octanol–water partition coefficient (Wildman–Crippen LogP) is 5.96. The summed E-state index contributed by atoms with van der Waals surface area (Å²) in [6.07, 6.45) is 7.45. The van der Waals surface area contributed by atoms with Crippen LogP contribution in [0.4, 0.5) is 0 Å². The summed E-state index contributed by atoms with van der Waals surface area (Å²) in [4.78, 5) is 15.6. The second-order valence-corrected chi connectivity index (χ2v) is 13.7. The Labute approximate surface area is 239 Å². The Hall–Kier alpha value is -2.79. The van der Waals surface area contributed by atoms with Crippen LogP contribution in [0.1, 0.15) is 45.1 Å². The molecule has 3 aromatic rings. The van der Waals surface area contributed by atoms with Crippen molar-refractivity contribution >= 4 is 50.3 Å². The van der Waals surface area contributed by atoms with Crippen molar-refractivity contribution in [2.24, 2.45) is 5.92 Å². The first kappa shape index (κ1) is 27.8. The van der Waals surface area contributed by atoms with Crippen LogP contribution >= 0.6 is 24.0 Å². The highest BCUT2D eigenvalue weighted by Gasteiger charge is 2.32. The molecule has 1 unspecified atom stereocenters. The Kier molecular flexibility index (Phi) is 8.37. The van der Waals surface area contributed by atoms with E-state index >= 15 is 0 Å². The first-order chi connectivity index (χ1) is 18.8. The van der Waals surface area contributed by atoms with Gasteiger partial charge in [-0.3, -0.25) is 9.69 Å². The van der Waals surface area contributed by atoms with Gasteiger partial charge in [-0.25, -0.2) is 13.1 Å². The molecule has 2 fully saturated rings. The Morgan fingerprint density at radius 2 is 1.95 bits per heavy atom. The molecule has 2 aromatic carbocycles. The molecule has 3 heterocycles. The van der Waals surface area contributed by atoms with Crippen LogP contribution in [0.15, 0.2) is 70.6 Å². The minimum Gasteiger partial charge on any atom is -0.293 e. The highest BCUT2D eigenvalue weighted by Crippen LogP contribution is 2.36. The maximum atomic E-state index is 13.5. The van der Waals surface area contributed by atoms with Gasteiger partial charge in [-0.2, -0.15) is 9.40 Å². The number of nitrogens with zero attached hydrogens (tertiary/aromatic N) is 4. The van der Waals surface area contributed by atoms with Crippen molar-refractivity contribution in [1.82, 2.24) is 19.0 Å². The summed E-state index contributed by atoms with van der Waals surface area (Å²) in [6.45, 7) is 5.83. The molecule has 204 valence electrons. The summed E-state index contributed by atoms with van der Waals surface area (Å²) in [7, 11) is -3.64. The smallest absolute Gasteiger partial charge is 0.266 e. The van der Waals surface area contributed by atoms with Gasteiger partial charge < -0.3 is 0 Å². The first-order valence-electron chi connectivity index (χ1n) is 13.3. The van der Waals surface area contributed by atoms with Crippen LogP contribution in [0.3, 0.4) is 0 Å². The lowest BCUT2D eigenvalue weighted by molar-refractivity contribution is -0.122. The summed E-state index contributed by atoms with van der Waals surface area (Å²) in [5, 5.41) is 4.85. The molecule has 2 aliphatic rings. The van der Waals surface area contributed by atoms with Crippen LogP contribution in [-0.4, -0.2) is 57.3 Å². The summed E-state index contributed by atoms with van der Waals surface area (Å²) in [6, 6.07) is 16.6. The third-order valence-electron chi connectivity index (χ3n) is 7.02. The molecule has 0 spiro atoms. The third kappa shape index (κ3) is 5.89. The Balaban J connectivity index is 1.56. The van der Waals surface area contributed by atoms with Crippen LogP contribution < -0.4 is 0 Å². The average molecular weight is 581 g/mol. The normalized spacial score (nSPS) is 19.8. The molecular formula is C29H32N4O3S3. The van der Waals surface area contributed by atoms with Gasteiger partial charge in [0.25, 0.3) is 5.91 Å². The van der Waals surface area contributed by atoms with Crippen molar-refractivity contribution in [3.63, 3.8) is 0 Å². The van der Waals surface area contributed by atoms with Gasteiger partial charge in [-0.15, -0.1) is 0 Å². The number of carbonyl (C=O) groups is 1. The second-order valence-electron chi connectivity index (χ2n) is 10.0. The molecule has 5 rings (SSSR count). The van der Waals surface area contributed by atoms with Crippen molar-refractivity contribution in [2.45, 2.75) is 44.4 Å². The Morgan fingerprint density at radius 3 is 2.69 bits per heavy atom. The fourth-order valence-electron chi connectivity index (χ4n) is 4.90. The van der Waals surface area contributed by atoms with Crippen molar-refractivity contribution in [3.05, 3.63) is 71.3 Å². The van der Waals surface area contributed by atoms with E-state index in [1.54, 1.807) is 32.1 Å². The SMILES string of the molecule is CCCCN1C(=O)C(=Cc2cn(-c3ccccc3)nc2-c2cccc(S(=O)(=O)N3CCCC(C)C3)c2)SC1=S. The summed E-state index contributed by atoms with van der Waals surface area (Å²) < 4.78 is 31.0.